The average Bonchev–Trinajstić information content (AvgIpc) is 2.87. The quantitative estimate of drug-likeness (QED) is 0.799. The zero-order chi connectivity index (χ0) is 15.9. The molecule has 0 amide bonds. The van der Waals surface area contributed by atoms with Gasteiger partial charge in [-0.3, -0.25) is 4.79 Å². The van der Waals surface area contributed by atoms with Gasteiger partial charge in [0.15, 0.2) is 5.52 Å². The fraction of sp³-hybridized carbons (Fsp3) is 0.267. The normalized spacial score (nSPS) is 12.7. The summed E-state index contributed by atoms with van der Waals surface area (Å²) in [6, 6.07) is 5.60. The van der Waals surface area contributed by atoms with E-state index in [1.807, 2.05) is 0 Å². The van der Waals surface area contributed by atoms with Crippen molar-refractivity contribution < 1.29 is 14.0 Å². The molecule has 114 valence electrons. The molecule has 0 unspecified atom stereocenters. The van der Waals surface area contributed by atoms with E-state index in [-0.39, 0.29) is 12.1 Å². The second kappa shape index (κ2) is 5.34. The number of aliphatic hydroxyl groups excluding tert-OH is 1. The number of rotatable bonds is 3. The number of aromatic nitrogens is 3. The van der Waals surface area contributed by atoms with Crippen molar-refractivity contribution in [2.75, 3.05) is 0 Å². The Bertz CT molecular complexity index is 901. The van der Waals surface area contributed by atoms with E-state index in [9.17, 15) is 14.3 Å². The molecule has 0 saturated heterocycles. The van der Waals surface area contributed by atoms with Crippen molar-refractivity contribution in [2.45, 2.75) is 26.5 Å². The van der Waals surface area contributed by atoms with Gasteiger partial charge in [0.05, 0.1) is 23.7 Å². The molecule has 0 aliphatic heterocycles. The van der Waals surface area contributed by atoms with Gasteiger partial charge in [0.1, 0.15) is 11.6 Å². The van der Waals surface area contributed by atoms with Crippen LogP contribution in [0.2, 0.25) is 0 Å². The second-order valence-corrected chi connectivity index (χ2v) is 5.11. The highest BCUT2D eigenvalue weighted by atomic mass is 19.1. The van der Waals surface area contributed by atoms with Gasteiger partial charge in [-0.25, -0.2) is 9.07 Å². The van der Waals surface area contributed by atoms with Gasteiger partial charge in [0.2, 0.25) is 0 Å². The standard InChI is InChI=1S/C15H14FN3O3/c1-8-13-9(2)22-18-14(13)15(21)19(17-8)7-12(20)10-4-3-5-11(16)6-10/h3-6,12,20H,7H2,1-2H3/t12-/m0/s1. The molecular formula is C15H14FN3O3. The van der Waals surface area contributed by atoms with Crippen LogP contribution in [0.5, 0.6) is 0 Å². The number of aliphatic hydroxyl groups is 1. The van der Waals surface area contributed by atoms with Crippen molar-refractivity contribution >= 4 is 10.9 Å². The molecule has 0 radical (unpaired) electrons. The van der Waals surface area contributed by atoms with E-state index in [1.54, 1.807) is 19.9 Å². The zero-order valence-corrected chi connectivity index (χ0v) is 12.1. The minimum atomic E-state index is -1.05. The maximum Gasteiger partial charge on any atom is 0.296 e. The van der Waals surface area contributed by atoms with Crippen LogP contribution in [0.3, 0.4) is 0 Å². The molecular weight excluding hydrogens is 289 g/mol. The summed E-state index contributed by atoms with van der Waals surface area (Å²) in [5.41, 5.74) is 0.687. The van der Waals surface area contributed by atoms with Gasteiger partial charge in [0.25, 0.3) is 5.56 Å². The third kappa shape index (κ3) is 2.39. The first-order valence-electron chi connectivity index (χ1n) is 6.74. The number of nitrogens with zero attached hydrogens (tertiary/aromatic N) is 3. The number of fused-ring (bicyclic) bond motifs is 1. The zero-order valence-electron chi connectivity index (χ0n) is 12.1. The molecule has 0 bridgehead atoms. The first-order chi connectivity index (χ1) is 10.5. The summed E-state index contributed by atoms with van der Waals surface area (Å²) < 4.78 is 19.3. The summed E-state index contributed by atoms with van der Waals surface area (Å²) in [4.78, 5) is 12.3. The summed E-state index contributed by atoms with van der Waals surface area (Å²) in [6.07, 6.45) is -1.05. The van der Waals surface area contributed by atoms with Gasteiger partial charge in [-0.15, -0.1) is 0 Å². The molecule has 0 aliphatic rings. The van der Waals surface area contributed by atoms with E-state index in [4.69, 9.17) is 4.52 Å². The molecule has 1 N–H and O–H groups in total. The average molecular weight is 303 g/mol. The summed E-state index contributed by atoms with van der Waals surface area (Å²) in [5, 5.41) is 18.7. The van der Waals surface area contributed by atoms with Gasteiger partial charge in [0, 0.05) is 0 Å². The van der Waals surface area contributed by atoms with Gasteiger partial charge >= 0.3 is 0 Å². The maximum absolute atomic E-state index is 13.2. The summed E-state index contributed by atoms with van der Waals surface area (Å²) in [7, 11) is 0. The van der Waals surface area contributed by atoms with Crippen molar-refractivity contribution in [3.05, 3.63) is 57.5 Å². The molecule has 1 atom stereocenters. The largest absolute Gasteiger partial charge is 0.386 e. The van der Waals surface area contributed by atoms with Crippen LogP contribution >= 0.6 is 0 Å². The second-order valence-electron chi connectivity index (χ2n) is 5.11. The molecule has 3 aromatic rings. The van der Waals surface area contributed by atoms with Gasteiger partial charge < -0.3 is 9.63 Å². The van der Waals surface area contributed by atoms with Crippen molar-refractivity contribution in [3.8, 4) is 0 Å². The van der Waals surface area contributed by atoms with E-state index >= 15 is 0 Å². The fourth-order valence-electron chi connectivity index (χ4n) is 2.45. The lowest BCUT2D eigenvalue weighted by Gasteiger charge is -2.12. The molecule has 6 nitrogen and oxygen atoms in total. The lowest BCUT2D eigenvalue weighted by molar-refractivity contribution is 0.149. The smallest absolute Gasteiger partial charge is 0.296 e. The Labute approximate surface area is 124 Å². The Morgan fingerprint density at radius 2 is 2.18 bits per heavy atom. The Morgan fingerprint density at radius 1 is 1.41 bits per heavy atom. The molecule has 0 spiro atoms. The molecule has 2 aromatic heterocycles. The van der Waals surface area contributed by atoms with Crippen LogP contribution in [0.15, 0.2) is 33.6 Å². The number of halogens is 1. The highest BCUT2D eigenvalue weighted by Gasteiger charge is 2.17. The number of hydrogen-bond donors (Lipinski definition) is 1. The predicted octanol–water partition coefficient (Wildman–Crippen LogP) is 1.87. The minimum absolute atomic E-state index is 0.0923. The van der Waals surface area contributed by atoms with Crippen molar-refractivity contribution in [2.24, 2.45) is 0 Å². The Morgan fingerprint density at radius 3 is 2.91 bits per heavy atom. The van der Waals surface area contributed by atoms with E-state index in [2.05, 4.69) is 10.3 Å². The van der Waals surface area contributed by atoms with Gasteiger partial charge in [-0.1, -0.05) is 17.3 Å². The molecule has 7 heteroatoms. The van der Waals surface area contributed by atoms with Gasteiger partial charge in [-0.05, 0) is 31.5 Å². The lowest BCUT2D eigenvalue weighted by Crippen LogP contribution is -2.27. The van der Waals surface area contributed by atoms with E-state index in [0.29, 0.717) is 22.4 Å². The summed E-state index contributed by atoms with van der Waals surface area (Å²) in [6.45, 7) is 3.34. The molecule has 0 fully saturated rings. The van der Waals surface area contributed by atoms with Crippen LogP contribution < -0.4 is 5.56 Å². The highest BCUT2D eigenvalue weighted by Crippen LogP contribution is 2.18. The van der Waals surface area contributed by atoms with E-state index < -0.39 is 17.5 Å². The molecule has 0 saturated carbocycles. The highest BCUT2D eigenvalue weighted by molar-refractivity contribution is 5.81. The van der Waals surface area contributed by atoms with E-state index in [1.165, 1.54) is 18.2 Å². The monoisotopic (exact) mass is 303 g/mol. The minimum Gasteiger partial charge on any atom is -0.386 e. The van der Waals surface area contributed by atoms with Crippen LogP contribution in [0, 0.1) is 19.7 Å². The Balaban J connectivity index is 2.01. The first-order valence-corrected chi connectivity index (χ1v) is 6.74. The van der Waals surface area contributed by atoms with Crippen molar-refractivity contribution in [1.29, 1.82) is 0 Å². The van der Waals surface area contributed by atoms with Crippen LogP contribution in [0.1, 0.15) is 23.1 Å². The van der Waals surface area contributed by atoms with Gasteiger partial charge in [-0.2, -0.15) is 5.10 Å². The SMILES string of the molecule is Cc1nn(C[C@H](O)c2cccc(F)c2)c(=O)c2noc(C)c12. The lowest BCUT2D eigenvalue weighted by atomic mass is 10.1. The van der Waals surface area contributed by atoms with E-state index in [0.717, 1.165) is 4.68 Å². The summed E-state index contributed by atoms with van der Waals surface area (Å²) in [5.74, 6) is 0.0746. The fourth-order valence-corrected chi connectivity index (χ4v) is 2.45. The number of aryl methyl sites for hydroxylation is 2. The van der Waals surface area contributed by atoms with Crippen molar-refractivity contribution in [3.63, 3.8) is 0 Å². The maximum atomic E-state index is 13.2. The van der Waals surface area contributed by atoms with Crippen LogP contribution in [-0.2, 0) is 6.54 Å². The predicted molar refractivity (Wildman–Crippen MR) is 76.9 cm³/mol. The van der Waals surface area contributed by atoms with Crippen molar-refractivity contribution in [1.82, 2.24) is 14.9 Å². The van der Waals surface area contributed by atoms with Crippen LogP contribution in [0.4, 0.5) is 4.39 Å². The molecule has 3 rings (SSSR count). The third-order valence-corrected chi connectivity index (χ3v) is 3.51. The first kappa shape index (κ1) is 14.4. The Kier molecular flexibility index (Phi) is 3.50. The number of benzene rings is 1. The summed E-state index contributed by atoms with van der Waals surface area (Å²) >= 11 is 0. The molecule has 2 heterocycles. The Hall–Kier alpha value is -2.54. The van der Waals surface area contributed by atoms with Crippen LogP contribution in [-0.4, -0.2) is 20.0 Å². The van der Waals surface area contributed by atoms with Crippen LogP contribution in [0.25, 0.3) is 10.9 Å². The molecule has 0 aliphatic carbocycles. The molecule has 22 heavy (non-hydrogen) atoms. The molecule has 1 aromatic carbocycles. The number of hydrogen-bond acceptors (Lipinski definition) is 5. The third-order valence-electron chi connectivity index (χ3n) is 3.51. The topological polar surface area (TPSA) is 81.1 Å².